The summed E-state index contributed by atoms with van der Waals surface area (Å²) in [4.78, 5) is 12.3. The highest BCUT2D eigenvalue weighted by Crippen LogP contribution is 2.24. The highest BCUT2D eigenvalue weighted by atomic mass is 35.5. The molecule has 0 radical (unpaired) electrons. The van der Waals surface area contributed by atoms with Crippen molar-refractivity contribution in [3.8, 4) is 17.0 Å². The van der Waals surface area contributed by atoms with Crippen LogP contribution in [0.3, 0.4) is 0 Å². The molecule has 1 aromatic heterocycles. The average molecular weight is 411 g/mol. The molecule has 1 aliphatic rings. The Bertz CT molecular complexity index is 983. The van der Waals surface area contributed by atoms with E-state index in [1.807, 2.05) is 54.6 Å². The number of nitrogens with one attached hydrogen (secondary N) is 2. The molecule has 6 nitrogen and oxygen atoms in total. The first-order valence-electron chi connectivity index (χ1n) is 9.73. The number of aromatic nitrogens is 2. The summed E-state index contributed by atoms with van der Waals surface area (Å²) < 4.78 is 7.39. The smallest absolute Gasteiger partial charge is 0.269 e. The predicted octanol–water partition coefficient (Wildman–Crippen LogP) is 4.02. The molecule has 2 heterocycles. The molecule has 0 spiro atoms. The molecule has 0 bridgehead atoms. The molecule has 3 aromatic rings. The van der Waals surface area contributed by atoms with Gasteiger partial charge in [0.05, 0.1) is 18.8 Å². The molecule has 7 heteroatoms. The van der Waals surface area contributed by atoms with Gasteiger partial charge in [-0.1, -0.05) is 42.8 Å². The fraction of sp³-hybridized carbons (Fsp3) is 0.273. The van der Waals surface area contributed by atoms with E-state index in [1.165, 1.54) is 0 Å². The van der Waals surface area contributed by atoms with Crippen molar-refractivity contribution in [1.82, 2.24) is 20.4 Å². The second-order valence-electron chi connectivity index (χ2n) is 6.97. The van der Waals surface area contributed by atoms with Gasteiger partial charge in [0, 0.05) is 17.1 Å². The summed E-state index contributed by atoms with van der Waals surface area (Å²) in [7, 11) is 0. The van der Waals surface area contributed by atoms with Gasteiger partial charge < -0.3 is 10.1 Å². The van der Waals surface area contributed by atoms with Crippen LogP contribution in [0.4, 0.5) is 0 Å². The van der Waals surface area contributed by atoms with Crippen molar-refractivity contribution in [2.45, 2.75) is 26.1 Å². The fourth-order valence-corrected chi connectivity index (χ4v) is 3.37. The topological polar surface area (TPSA) is 68.2 Å². The monoisotopic (exact) mass is 410 g/mol. The quantitative estimate of drug-likeness (QED) is 0.617. The average Bonchev–Trinajstić information content (AvgIpc) is 3.19. The van der Waals surface area contributed by atoms with Crippen LogP contribution in [0.15, 0.2) is 54.6 Å². The SMILES string of the molecule is CCCOc1ccc(CN[C@H]2CNC(=O)c3cc(-c4ccc(Cl)cc4)nn32)cc1. The lowest BCUT2D eigenvalue weighted by Crippen LogP contribution is -2.45. The van der Waals surface area contributed by atoms with Crippen LogP contribution in [0.5, 0.6) is 5.75 Å². The van der Waals surface area contributed by atoms with E-state index in [9.17, 15) is 4.79 Å². The minimum Gasteiger partial charge on any atom is -0.494 e. The number of benzene rings is 2. The van der Waals surface area contributed by atoms with Gasteiger partial charge in [0.25, 0.3) is 5.91 Å². The van der Waals surface area contributed by atoms with Crippen LogP contribution in [0, 0.1) is 0 Å². The molecule has 0 unspecified atom stereocenters. The summed E-state index contributed by atoms with van der Waals surface area (Å²) in [5.74, 6) is 0.760. The maximum Gasteiger partial charge on any atom is 0.269 e. The van der Waals surface area contributed by atoms with Gasteiger partial charge in [-0.15, -0.1) is 0 Å². The third-order valence-corrected chi connectivity index (χ3v) is 5.05. The van der Waals surface area contributed by atoms with Crippen LogP contribution in [0.25, 0.3) is 11.3 Å². The molecule has 0 aliphatic carbocycles. The standard InChI is InChI=1S/C22H23ClN4O2/c1-2-11-29-18-9-3-15(4-10-18)13-24-21-14-25-22(28)20-12-19(26-27(20)21)16-5-7-17(23)8-6-16/h3-10,12,21,24H,2,11,13-14H2,1H3,(H,25,28)/t21-/m1/s1. The molecule has 150 valence electrons. The van der Waals surface area contributed by atoms with Crippen LogP contribution < -0.4 is 15.4 Å². The summed E-state index contributed by atoms with van der Waals surface area (Å²) in [5.41, 5.74) is 3.35. The first-order chi connectivity index (χ1) is 14.1. The van der Waals surface area contributed by atoms with Crippen molar-refractivity contribution in [3.05, 3.63) is 70.9 Å². The Morgan fingerprint density at radius 1 is 1.21 bits per heavy atom. The number of ether oxygens (including phenoxy) is 1. The molecule has 0 fully saturated rings. The molecule has 0 saturated carbocycles. The van der Waals surface area contributed by atoms with E-state index in [1.54, 1.807) is 4.68 Å². The molecule has 1 amide bonds. The summed E-state index contributed by atoms with van der Waals surface area (Å²) in [6.45, 7) is 3.94. The van der Waals surface area contributed by atoms with Gasteiger partial charge in [-0.2, -0.15) is 5.10 Å². The van der Waals surface area contributed by atoms with Gasteiger partial charge in [0.15, 0.2) is 0 Å². The van der Waals surface area contributed by atoms with Crippen molar-refractivity contribution in [2.75, 3.05) is 13.2 Å². The number of rotatable bonds is 7. The Balaban J connectivity index is 1.48. The normalized spacial score (nSPS) is 15.7. The van der Waals surface area contributed by atoms with E-state index in [-0.39, 0.29) is 12.1 Å². The number of fused-ring (bicyclic) bond motifs is 1. The second kappa shape index (κ2) is 8.68. The second-order valence-corrected chi connectivity index (χ2v) is 7.40. The lowest BCUT2D eigenvalue weighted by molar-refractivity contribution is 0.0900. The first-order valence-corrected chi connectivity index (χ1v) is 10.1. The van der Waals surface area contributed by atoms with E-state index in [2.05, 4.69) is 22.7 Å². The summed E-state index contributed by atoms with van der Waals surface area (Å²) in [5, 5.41) is 11.7. The molecule has 0 saturated heterocycles. The van der Waals surface area contributed by atoms with E-state index in [4.69, 9.17) is 16.3 Å². The minimum atomic E-state index is -0.125. The van der Waals surface area contributed by atoms with Crippen molar-refractivity contribution in [1.29, 1.82) is 0 Å². The zero-order valence-corrected chi connectivity index (χ0v) is 16.9. The maximum atomic E-state index is 12.3. The number of carbonyl (C=O) groups is 1. The van der Waals surface area contributed by atoms with E-state index in [0.717, 1.165) is 35.6 Å². The summed E-state index contributed by atoms with van der Waals surface area (Å²) in [6, 6.07) is 17.3. The van der Waals surface area contributed by atoms with Crippen molar-refractivity contribution < 1.29 is 9.53 Å². The fourth-order valence-electron chi connectivity index (χ4n) is 3.25. The van der Waals surface area contributed by atoms with E-state index >= 15 is 0 Å². The largest absolute Gasteiger partial charge is 0.494 e. The van der Waals surface area contributed by atoms with E-state index in [0.29, 0.717) is 23.8 Å². The van der Waals surface area contributed by atoms with Crippen LogP contribution in [-0.4, -0.2) is 28.8 Å². The number of hydrogen-bond donors (Lipinski definition) is 2. The number of carbonyl (C=O) groups excluding carboxylic acids is 1. The van der Waals surface area contributed by atoms with Crippen molar-refractivity contribution in [2.24, 2.45) is 0 Å². The molecular formula is C22H23ClN4O2. The van der Waals surface area contributed by atoms with Crippen LogP contribution >= 0.6 is 11.6 Å². The zero-order chi connectivity index (χ0) is 20.2. The number of hydrogen-bond acceptors (Lipinski definition) is 4. The molecule has 29 heavy (non-hydrogen) atoms. The maximum absolute atomic E-state index is 12.3. The Morgan fingerprint density at radius 2 is 1.97 bits per heavy atom. The van der Waals surface area contributed by atoms with Crippen LogP contribution in [0.2, 0.25) is 5.02 Å². The Morgan fingerprint density at radius 3 is 2.69 bits per heavy atom. The number of nitrogens with zero attached hydrogens (tertiary/aromatic N) is 2. The third-order valence-electron chi connectivity index (χ3n) is 4.80. The summed E-state index contributed by atoms with van der Waals surface area (Å²) >= 11 is 5.97. The Kier molecular flexibility index (Phi) is 5.83. The van der Waals surface area contributed by atoms with Gasteiger partial charge >= 0.3 is 0 Å². The van der Waals surface area contributed by atoms with Gasteiger partial charge in [-0.05, 0) is 42.3 Å². The molecule has 4 rings (SSSR count). The van der Waals surface area contributed by atoms with Crippen molar-refractivity contribution >= 4 is 17.5 Å². The minimum absolute atomic E-state index is 0.117. The molecule has 1 atom stereocenters. The highest BCUT2D eigenvalue weighted by molar-refractivity contribution is 6.30. The van der Waals surface area contributed by atoms with Gasteiger partial charge in [-0.25, -0.2) is 4.68 Å². The number of amides is 1. The number of halogens is 1. The Labute approximate surface area is 174 Å². The van der Waals surface area contributed by atoms with Crippen LogP contribution in [0.1, 0.15) is 35.6 Å². The third kappa shape index (κ3) is 4.44. The molecule has 2 N–H and O–H groups in total. The highest BCUT2D eigenvalue weighted by Gasteiger charge is 2.27. The molecule has 1 aliphatic heterocycles. The molecule has 2 aromatic carbocycles. The lowest BCUT2D eigenvalue weighted by Gasteiger charge is -2.25. The predicted molar refractivity (Wildman–Crippen MR) is 113 cm³/mol. The molecular weight excluding hydrogens is 388 g/mol. The van der Waals surface area contributed by atoms with Gasteiger partial charge in [-0.3, -0.25) is 10.1 Å². The van der Waals surface area contributed by atoms with E-state index < -0.39 is 0 Å². The van der Waals surface area contributed by atoms with Crippen LogP contribution in [-0.2, 0) is 6.54 Å². The first kappa shape index (κ1) is 19.5. The zero-order valence-electron chi connectivity index (χ0n) is 16.2. The van der Waals surface area contributed by atoms with Gasteiger partial charge in [0.1, 0.15) is 17.6 Å². The van der Waals surface area contributed by atoms with Crippen molar-refractivity contribution in [3.63, 3.8) is 0 Å². The Hall–Kier alpha value is -2.83. The van der Waals surface area contributed by atoms with Gasteiger partial charge in [0.2, 0.25) is 0 Å². The lowest BCUT2D eigenvalue weighted by atomic mass is 10.1. The summed E-state index contributed by atoms with van der Waals surface area (Å²) in [6.07, 6.45) is 0.862.